The van der Waals surface area contributed by atoms with Gasteiger partial charge in [0.2, 0.25) is 0 Å². The van der Waals surface area contributed by atoms with E-state index >= 15 is 0 Å². The van der Waals surface area contributed by atoms with E-state index in [1.54, 1.807) is 6.07 Å². The van der Waals surface area contributed by atoms with Gasteiger partial charge in [0.25, 0.3) is 0 Å². The van der Waals surface area contributed by atoms with Crippen LogP contribution in [0.4, 0.5) is 5.82 Å². The number of anilines is 1. The Labute approximate surface area is 158 Å². The summed E-state index contributed by atoms with van der Waals surface area (Å²) in [5.74, 6) is 2.05. The number of thiocarbonyl (C=S) groups is 1. The quantitative estimate of drug-likeness (QED) is 0.719. The number of hydrogen-bond donors (Lipinski definition) is 2. The molecule has 3 rings (SSSR count). The van der Waals surface area contributed by atoms with E-state index in [4.69, 9.17) is 33.3 Å². The molecule has 0 saturated carbocycles. The van der Waals surface area contributed by atoms with Crippen LogP contribution < -0.4 is 20.1 Å². The maximum atomic E-state index is 6.17. The Balaban J connectivity index is 1.61. The van der Waals surface area contributed by atoms with Gasteiger partial charge in [0, 0.05) is 11.0 Å². The van der Waals surface area contributed by atoms with Gasteiger partial charge < -0.3 is 20.1 Å². The summed E-state index contributed by atoms with van der Waals surface area (Å²) in [6.07, 6.45) is 0. The molecule has 0 unspecified atom stereocenters. The standard InChI is InChI=1S/C16H15BrClN3O2S/c1-9-11(17)7-12(18)15(20-9)21-16(24)19-8-10-2-3-13-14(6-10)23-5-4-22-13/h2-3,6-7H,4-5,8H2,1H3,(H2,19,20,21,24). The number of hydrogen-bond acceptors (Lipinski definition) is 4. The predicted octanol–water partition coefficient (Wildman–Crippen LogP) is 4.06. The SMILES string of the molecule is Cc1nc(NC(=S)NCc2ccc3c(c2)OCCO3)c(Cl)cc1Br. The minimum Gasteiger partial charge on any atom is -0.486 e. The fourth-order valence-electron chi connectivity index (χ4n) is 2.18. The summed E-state index contributed by atoms with van der Waals surface area (Å²) in [5, 5.41) is 7.08. The fourth-order valence-corrected chi connectivity index (χ4v) is 2.99. The van der Waals surface area contributed by atoms with Crippen molar-refractivity contribution < 1.29 is 9.47 Å². The number of aryl methyl sites for hydroxylation is 1. The highest BCUT2D eigenvalue weighted by atomic mass is 79.9. The molecular weight excluding hydrogens is 414 g/mol. The monoisotopic (exact) mass is 427 g/mol. The van der Waals surface area contributed by atoms with Crippen molar-refractivity contribution in [2.75, 3.05) is 18.5 Å². The number of rotatable bonds is 3. The molecule has 0 atom stereocenters. The van der Waals surface area contributed by atoms with Crippen molar-refractivity contribution in [3.63, 3.8) is 0 Å². The predicted molar refractivity (Wildman–Crippen MR) is 102 cm³/mol. The van der Waals surface area contributed by atoms with E-state index in [9.17, 15) is 0 Å². The van der Waals surface area contributed by atoms with Gasteiger partial charge in [-0.25, -0.2) is 4.98 Å². The molecule has 1 aromatic carbocycles. The zero-order valence-electron chi connectivity index (χ0n) is 12.9. The minimum atomic E-state index is 0.445. The number of nitrogens with zero attached hydrogens (tertiary/aromatic N) is 1. The first-order valence-electron chi connectivity index (χ1n) is 7.29. The Morgan fingerprint density at radius 3 is 2.83 bits per heavy atom. The number of benzene rings is 1. The molecule has 0 radical (unpaired) electrons. The third-order valence-electron chi connectivity index (χ3n) is 3.40. The molecule has 2 N–H and O–H groups in total. The van der Waals surface area contributed by atoms with Gasteiger partial charge in [-0.05, 0) is 58.8 Å². The van der Waals surface area contributed by atoms with E-state index in [-0.39, 0.29) is 0 Å². The van der Waals surface area contributed by atoms with Gasteiger partial charge in [0.15, 0.2) is 22.4 Å². The van der Waals surface area contributed by atoms with Gasteiger partial charge in [-0.1, -0.05) is 17.7 Å². The lowest BCUT2D eigenvalue weighted by atomic mass is 10.2. The zero-order chi connectivity index (χ0) is 17.1. The number of fused-ring (bicyclic) bond motifs is 1. The van der Waals surface area contributed by atoms with Crippen molar-refractivity contribution >= 4 is 50.7 Å². The lowest BCUT2D eigenvalue weighted by Crippen LogP contribution is -2.28. The van der Waals surface area contributed by atoms with Crippen LogP contribution in [0.5, 0.6) is 11.5 Å². The molecule has 0 fully saturated rings. The first-order chi connectivity index (χ1) is 11.5. The van der Waals surface area contributed by atoms with Crippen LogP contribution in [0, 0.1) is 6.92 Å². The van der Waals surface area contributed by atoms with E-state index in [2.05, 4.69) is 31.5 Å². The van der Waals surface area contributed by atoms with E-state index in [0.717, 1.165) is 27.2 Å². The molecule has 5 nitrogen and oxygen atoms in total. The summed E-state index contributed by atoms with van der Waals surface area (Å²) in [6.45, 7) is 3.59. The Morgan fingerprint density at radius 2 is 2.04 bits per heavy atom. The molecule has 0 bridgehead atoms. The molecule has 8 heteroatoms. The van der Waals surface area contributed by atoms with Gasteiger partial charge in [0.05, 0.1) is 10.7 Å². The third kappa shape index (κ3) is 4.09. The Hall–Kier alpha value is -1.57. The van der Waals surface area contributed by atoms with Crippen LogP contribution in [0.3, 0.4) is 0 Å². The zero-order valence-corrected chi connectivity index (χ0v) is 16.0. The van der Waals surface area contributed by atoms with Crippen LogP contribution in [-0.2, 0) is 6.54 Å². The van der Waals surface area contributed by atoms with Crippen LogP contribution in [0.15, 0.2) is 28.7 Å². The lowest BCUT2D eigenvalue weighted by molar-refractivity contribution is 0.171. The van der Waals surface area contributed by atoms with Gasteiger partial charge in [-0.3, -0.25) is 0 Å². The van der Waals surface area contributed by atoms with Crippen LogP contribution in [0.1, 0.15) is 11.3 Å². The molecule has 1 aliphatic heterocycles. The number of ether oxygens (including phenoxy) is 2. The number of pyridine rings is 1. The van der Waals surface area contributed by atoms with Crippen molar-refractivity contribution in [1.82, 2.24) is 10.3 Å². The highest BCUT2D eigenvalue weighted by Gasteiger charge is 2.12. The third-order valence-corrected chi connectivity index (χ3v) is 4.73. The summed E-state index contributed by atoms with van der Waals surface area (Å²) >= 11 is 14.9. The second-order valence-electron chi connectivity index (χ2n) is 5.17. The first kappa shape index (κ1) is 17.3. The van der Waals surface area contributed by atoms with Gasteiger partial charge in [0.1, 0.15) is 13.2 Å². The maximum absolute atomic E-state index is 6.17. The van der Waals surface area contributed by atoms with Gasteiger partial charge >= 0.3 is 0 Å². The summed E-state index contributed by atoms with van der Waals surface area (Å²) in [6, 6.07) is 7.60. The molecule has 1 aromatic heterocycles. The molecule has 0 aliphatic carbocycles. The van der Waals surface area contributed by atoms with E-state index < -0.39 is 0 Å². The second kappa shape index (κ2) is 7.55. The highest BCUT2D eigenvalue weighted by Crippen LogP contribution is 2.30. The number of halogens is 2. The Kier molecular flexibility index (Phi) is 5.43. The van der Waals surface area contributed by atoms with Gasteiger partial charge in [-0.2, -0.15) is 0 Å². The first-order valence-corrected chi connectivity index (χ1v) is 8.87. The van der Waals surface area contributed by atoms with Crippen molar-refractivity contribution in [2.45, 2.75) is 13.5 Å². The maximum Gasteiger partial charge on any atom is 0.172 e. The number of aromatic nitrogens is 1. The molecule has 0 saturated heterocycles. The summed E-state index contributed by atoms with van der Waals surface area (Å²) in [7, 11) is 0. The summed E-state index contributed by atoms with van der Waals surface area (Å²) < 4.78 is 11.9. The van der Waals surface area contributed by atoms with Crippen molar-refractivity contribution in [2.24, 2.45) is 0 Å². The van der Waals surface area contributed by atoms with E-state index in [1.165, 1.54) is 0 Å². The summed E-state index contributed by atoms with van der Waals surface area (Å²) in [4.78, 5) is 4.37. The summed E-state index contributed by atoms with van der Waals surface area (Å²) in [5.41, 5.74) is 1.87. The molecule has 126 valence electrons. The van der Waals surface area contributed by atoms with Crippen LogP contribution in [-0.4, -0.2) is 23.3 Å². The lowest BCUT2D eigenvalue weighted by Gasteiger charge is -2.19. The number of nitrogens with one attached hydrogen (secondary N) is 2. The molecular formula is C16H15BrClN3O2S. The van der Waals surface area contributed by atoms with Gasteiger partial charge in [-0.15, -0.1) is 0 Å². The normalized spacial score (nSPS) is 12.6. The molecule has 2 aromatic rings. The van der Waals surface area contributed by atoms with Crippen LogP contribution in [0.2, 0.25) is 5.02 Å². The Bertz CT molecular complexity index is 788. The second-order valence-corrected chi connectivity index (χ2v) is 6.84. The van der Waals surface area contributed by atoms with E-state index in [1.807, 2.05) is 25.1 Å². The molecule has 0 spiro atoms. The highest BCUT2D eigenvalue weighted by molar-refractivity contribution is 9.10. The van der Waals surface area contributed by atoms with E-state index in [0.29, 0.717) is 35.7 Å². The minimum absolute atomic E-state index is 0.445. The smallest absolute Gasteiger partial charge is 0.172 e. The average molecular weight is 429 g/mol. The fraction of sp³-hybridized carbons (Fsp3) is 0.250. The van der Waals surface area contributed by atoms with Crippen molar-refractivity contribution in [3.05, 3.63) is 45.0 Å². The molecule has 24 heavy (non-hydrogen) atoms. The largest absolute Gasteiger partial charge is 0.486 e. The molecule has 1 aliphatic rings. The van der Waals surface area contributed by atoms with Crippen molar-refractivity contribution in [3.8, 4) is 11.5 Å². The van der Waals surface area contributed by atoms with Crippen LogP contribution >= 0.6 is 39.7 Å². The van der Waals surface area contributed by atoms with Crippen molar-refractivity contribution in [1.29, 1.82) is 0 Å². The Morgan fingerprint density at radius 1 is 1.29 bits per heavy atom. The molecule has 0 amide bonds. The van der Waals surface area contributed by atoms with Crippen LogP contribution in [0.25, 0.3) is 0 Å². The topological polar surface area (TPSA) is 55.4 Å². The molecule has 2 heterocycles. The average Bonchev–Trinajstić information content (AvgIpc) is 2.57.